The molecule has 0 unspecified atom stereocenters. The van der Waals surface area contributed by atoms with Crippen molar-refractivity contribution in [2.45, 2.75) is 12.0 Å². The highest BCUT2D eigenvalue weighted by molar-refractivity contribution is 7.89. The number of nitrogens with zero attached hydrogens (tertiary/aromatic N) is 1. The van der Waals surface area contributed by atoms with Crippen LogP contribution in [0.2, 0.25) is 0 Å². The summed E-state index contributed by atoms with van der Waals surface area (Å²) in [4.78, 5) is 10.4. The first-order valence-electron chi connectivity index (χ1n) is 4.53. The number of likely N-dealkylation sites (N-methyl/N-ethyl adjacent to an activating group) is 1. The highest BCUT2D eigenvalue weighted by Gasteiger charge is 2.24. The van der Waals surface area contributed by atoms with Crippen LogP contribution in [0.1, 0.15) is 17.5 Å². The van der Waals surface area contributed by atoms with Gasteiger partial charge < -0.3 is 4.42 Å². The fourth-order valence-electron chi connectivity index (χ4n) is 1.16. The molecule has 0 aromatic carbocycles. The molecular weight excluding hydrogens is 230 g/mol. The molecule has 0 atom stereocenters. The normalized spacial score (nSPS) is 11.7. The Kier molecular flexibility index (Phi) is 3.66. The molecule has 0 N–H and O–H groups in total. The molecule has 0 aliphatic rings. The van der Waals surface area contributed by atoms with Gasteiger partial charge in [0.15, 0.2) is 12.0 Å². The van der Waals surface area contributed by atoms with Crippen molar-refractivity contribution in [2.75, 3.05) is 13.6 Å². The van der Waals surface area contributed by atoms with Crippen molar-refractivity contribution < 1.29 is 17.6 Å². The molecule has 16 heavy (non-hydrogen) atoms. The Bertz CT molecular complexity index is 501. The Morgan fingerprint density at radius 1 is 1.56 bits per heavy atom. The van der Waals surface area contributed by atoms with Crippen LogP contribution < -0.4 is 0 Å². The number of aldehydes is 1. The summed E-state index contributed by atoms with van der Waals surface area (Å²) in [6.45, 7) is 5.57. The van der Waals surface area contributed by atoms with Crippen molar-refractivity contribution in [3.63, 3.8) is 0 Å². The van der Waals surface area contributed by atoms with Crippen LogP contribution in [0.4, 0.5) is 0 Å². The maximum atomic E-state index is 11.9. The van der Waals surface area contributed by atoms with Gasteiger partial charge >= 0.3 is 0 Å². The summed E-state index contributed by atoms with van der Waals surface area (Å²) in [6, 6.07) is 2.57. The molecule has 1 aromatic heterocycles. The lowest BCUT2D eigenvalue weighted by Crippen LogP contribution is -2.28. The maximum absolute atomic E-state index is 11.9. The van der Waals surface area contributed by atoms with Crippen LogP contribution >= 0.6 is 0 Å². The van der Waals surface area contributed by atoms with Crippen molar-refractivity contribution in [3.8, 4) is 0 Å². The Labute approximate surface area is 94.4 Å². The molecule has 0 fully saturated rings. The molecule has 1 heterocycles. The topological polar surface area (TPSA) is 67.6 Å². The molecule has 88 valence electrons. The van der Waals surface area contributed by atoms with Gasteiger partial charge in [0.25, 0.3) is 10.0 Å². The van der Waals surface area contributed by atoms with Gasteiger partial charge in [-0.1, -0.05) is 12.2 Å². The fourth-order valence-corrected chi connectivity index (χ4v) is 2.29. The molecule has 0 spiro atoms. The fraction of sp³-hybridized carbons (Fsp3) is 0.300. The largest absolute Gasteiger partial charge is 0.440 e. The predicted molar refractivity (Wildman–Crippen MR) is 58.7 cm³/mol. The Balaban J connectivity index is 3.01. The molecule has 1 aromatic rings. The van der Waals surface area contributed by atoms with Gasteiger partial charge in [0.1, 0.15) is 0 Å². The zero-order valence-electron chi connectivity index (χ0n) is 9.13. The summed E-state index contributed by atoms with van der Waals surface area (Å²) in [7, 11) is -2.25. The average Bonchev–Trinajstić information content (AvgIpc) is 2.65. The summed E-state index contributed by atoms with van der Waals surface area (Å²) in [5.74, 6) is -0.0118. The van der Waals surface area contributed by atoms with E-state index in [2.05, 4.69) is 6.58 Å². The number of hydrogen-bond acceptors (Lipinski definition) is 4. The number of sulfonamides is 1. The molecule has 0 saturated heterocycles. The molecule has 6 heteroatoms. The van der Waals surface area contributed by atoms with Crippen molar-refractivity contribution in [1.29, 1.82) is 0 Å². The molecule has 1 rings (SSSR count). The lowest BCUT2D eigenvalue weighted by molar-refractivity contribution is 0.109. The second kappa shape index (κ2) is 4.63. The van der Waals surface area contributed by atoms with E-state index in [1.54, 1.807) is 6.92 Å². The number of rotatable bonds is 5. The van der Waals surface area contributed by atoms with Crippen LogP contribution in [0.25, 0.3) is 0 Å². The minimum Gasteiger partial charge on any atom is -0.440 e. The van der Waals surface area contributed by atoms with Crippen molar-refractivity contribution in [1.82, 2.24) is 4.31 Å². The quantitative estimate of drug-likeness (QED) is 0.577. The lowest BCUT2D eigenvalue weighted by atomic mass is 10.4. The van der Waals surface area contributed by atoms with Crippen LogP contribution in [0.15, 0.2) is 33.8 Å². The molecule has 0 saturated carbocycles. The molecule has 0 aliphatic carbocycles. The second-order valence-corrected chi connectivity index (χ2v) is 5.47. The zero-order valence-corrected chi connectivity index (χ0v) is 9.95. The van der Waals surface area contributed by atoms with Crippen LogP contribution in [0.5, 0.6) is 0 Å². The maximum Gasteiger partial charge on any atom is 0.276 e. The first-order valence-corrected chi connectivity index (χ1v) is 5.97. The standard InChI is InChI=1S/C10H13NO4S/c1-8(2)6-11(3)16(13,14)10-5-4-9(7-12)15-10/h4-5,7H,1,6H2,2-3H3. The average molecular weight is 243 g/mol. The van der Waals surface area contributed by atoms with E-state index in [4.69, 9.17) is 4.42 Å². The van der Waals surface area contributed by atoms with E-state index in [-0.39, 0.29) is 17.4 Å². The van der Waals surface area contributed by atoms with E-state index in [1.165, 1.54) is 19.2 Å². The van der Waals surface area contributed by atoms with Gasteiger partial charge in [0.2, 0.25) is 5.09 Å². The number of hydrogen-bond donors (Lipinski definition) is 0. The molecule has 5 nitrogen and oxygen atoms in total. The Morgan fingerprint density at radius 2 is 2.19 bits per heavy atom. The molecule has 0 aliphatic heterocycles. The first-order chi connectivity index (χ1) is 7.37. The summed E-state index contributed by atoms with van der Waals surface area (Å²) in [5.41, 5.74) is 0.716. The molecule has 0 amide bonds. The van der Waals surface area contributed by atoms with E-state index < -0.39 is 10.0 Å². The van der Waals surface area contributed by atoms with Crippen molar-refractivity contribution >= 4 is 16.3 Å². The summed E-state index contributed by atoms with van der Waals surface area (Å²) in [6.07, 6.45) is 0.456. The number of carbonyl (C=O) groups is 1. The second-order valence-electron chi connectivity index (χ2n) is 3.49. The minimum atomic E-state index is -3.68. The van der Waals surface area contributed by atoms with Crippen molar-refractivity contribution in [3.05, 3.63) is 30.0 Å². The molecular formula is C10H13NO4S. The minimum absolute atomic E-state index is 0.0118. The van der Waals surface area contributed by atoms with Gasteiger partial charge in [0.05, 0.1) is 0 Å². The summed E-state index contributed by atoms with van der Waals surface area (Å²) in [5, 5.41) is -0.238. The highest BCUT2D eigenvalue weighted by atomic mass is 32.2. The van der Waals surface area contributed by atoms with E-state index in [9.17, 15) is 13.2 Å². The summed E-state index contributed by atoms with van der Waals surface area (Å²) >= 11 is 0. The number of carbonyl (C=O) groups excluding carboxylic acids is 1. The van der Waals surface area contributed by atoms with Gasteiger partial charge in [0, 0.05) is 13.6 Å². The predicted octanol–water partition coefficient (Wildman–Crippen LogP) is 1.29. The highest BCUT2D eigenvalue weighted by Crippen LogP contribution is 2.17. The van der Waals surface area contributed by atoms with Gasteiger partial charge in [-0.3, -0.25) is 4.79 Å². The Hall–Kier alpha value is -1.40. The third kappa shape index (κ3) is 2.59. The number of furan rings is 1. The SMILES string of the molecule is C=C(C)CN(C)S(=O)(=O)c1ccc(C=O)o1. The van der Waals surface area contributed by atoms with Crippen LogP contribution in [-0.2, 0) is 10.0 Å². The van der Waals surface area contributed by atoms with Gasteiger partial charge in [-0.25, -0.2) is 8.42 Å². The van der Waals surface area contributed by atoms with Gasteiger partial charge in [-0.05, 0) is 19.1 Å². The van der Waals surface area contributed by atoms with Crippen LogP contribution in [0, 0.1) is 0 Å². The lowest BCUT2D eigenvalue weighted by Gasteiger charge is -2.14. The third-order valence-corrected chi connectivity index (χ3v) is 3.55. The monoisotopic (exact) mass is 243 g/mol. The van der Waals surface area contributed by atoms with E-state index in [0.29, 0.717) is 11.9 Å². The summed E-state index contributed by atoms with van der Waals surface area (Å²) < 4.78 is 29.7. The van der Waals surface area contributed by atoms with Crippen LogP contribution in [-0.4, -0.2) is 32.6 Å². The molecule has 0 bridgehead atoms. The molecule has 0 radical (unpaired) electrons. The van der Waals surface area contributed by atoms with E-state index >= 15 is 0 Å². The van der Waals surface area contributed by atoms with Crippen molar-refractivity contribution in [2.24, 2.45) is 0 Å². The first kappa shape index (κ1) is 12.7. The van der Waals surface area contributed by atoms with Gasteiger partial charge in [-0.2, -0.15) is 4.31 Å². The van der Waals surface area contributed by atoms with Crippen LogP contribution in [0.3, 0.4) is 0 Å². The zero-order chi connectivity index (χ0) is 12.3. The van der Waals surface area contributed by atoms with E-state index in [0.717, 1.165) is 4.31 Å². The van der Waals surface area contributed by atoms with E-state index in [1.807, 2.05) is 0 Å². The smallest absolute Gasteiger partial charge is 0.276 e. The third-order valence-electron chi connectivity index (χ3n) is 1.88. The van der Waals surface area contributed by atoms with Gasteiger partial charge in [-0.15, -0.1) is 0 Å². The Morgan fingerprint density at radius 3 is 2.62 bits per heavy atom.